The SMILES string of the molecule is O=c1/c(=C\c2cccs2)sc2n1C(c1ccccc1Cl)C1=C(N=2)c2ccccc2CC1. The highest BCUT2D eigenvalue weighted by atomic mass is 35.5. The predicted molar refractivity (Wildman–Crippen MR) is 129 cm³/mol. The van der Waals surface area contributed by atoms with Crippen LogP contribution in [0.3, 0.4) is 0 Å². The normalized spacial score (nSPS) is 17.7. The minimum Gasteiger partial charge on any atom is -0.272 e. The van der Waals surface area contributed by atoms with E-state index in [-0.39, 0.29) is 11.6 Å². The first-order valence-corrected chi connectivity index (χ1v) is 12.2. The van der Waals surface area contributed by atoms with Crippen molar-refractivity contribution in [3.8, 4) is 0 Å². The van der Waals surface area contributed by atoms with Gasteiger partial charge < -0.3 is 0 Å². The molecule has 31 heavy (non-hydrogen) atoms. The highest BCUT2D eigenvalue weighted by Crippen LogP contribution is 2.42. The number of halogens is 1. The Morgan fingerprint density at radius 2 is 1.87 bits per heavy atom. The lowest BCUT2D eigenvalue weighted by atomic mass is 9.83. The maximum absolute atomic E-state index is 13.6. The lowest BCUT2D eigenvalue weighted by Crippen LogP contribution is -2.38. The Hall–Kier alpha value is -2.73. The van der Waals surface area contributed by atoms with Crippen LogP contribution in [-0.4, -0.2) is 4.57 Å². The fourth-order valence-corrected chi connectivity index (χ4v) is 6.46. The van der Waals surface area contributed by atoms with Crippen molar-refractivity contribution in [3.63, 3.8) is 0 Å². The van der Waals surface area contributed by atoms with Crippen molar-refractivity contribution in [1.82, 2.24) is 4.57 Å². The molecule has 6 heteroatoms. The first-order chi connectivity index (χ1) is 15.2. The minimum atomic E-state index is -0.237. The Morgan fingerprint density at radius 1 is 1.03 bits per heavy atom. The maximum Gasteiger partial charge on any atom is 0.271 e. The van der Waals surface area contributed by atoms with Gasteiger partial charge in [-0.2, -0.15) is 0 Å². The maximum atomic E-state index is 13.6. The van der Waals surface area contributed by atoms with Gasteiger partial charge in [-0.1, -0.05) is 71.5 Å². The molecule has 1 aliphatic carbocycles. The van der Waals surface area contributed by atoms with Crippen molar-refractivity contribution < 1.29 is 0 Å². The van der Waals surface area contributed by atoms with E-state index in [4.69, 9.17) is 16.6 Å². The second kappa shape index (κ2) is 7.45. The third-order valence-electron chi connectivity index (χ3n) is 5.89. The lowest BCUT2D eigenvalue weighted by Gasteiger charge is -2.31. The standard InChI is InChI=1S/C25H17ClN2OS2/c26-20-10-4-3-9-18(20)23-19-12-11-15-6-1-2-8-17(15)22(19)27-25-28(23)24(29)21(31-25)14-16-7-5-13-30-16/h1-10,13-14,23H,11-12H2/b21-14+. The van der Waals surface area contributed by atoms with Gasteiger partial charge in [0.2, 0.25) is 0 Å². The van der Waals surface area contributed by atoms with Gasteiger partial charge in [0.25, 0.3) is 5.56 Å². The summed E-state index contributed by atoms with van der Waals surface area (Å²) in [6.07, 6.45) is 3.76. The fraction of sp³-hybridized carbons (Fsp3) is 0.120. The van der Waals surface area contributed by atoms with E-state index in [0.717, 1.165) is 39.3 Å². The summed E-state index contributed by atoms with van der Waals surface area (Å²) in [4.78, 5) is 20.4. The average Bonchev–Trinajstić information content (AvgIpc) is 3.41. The monoisotopic (exact) mass is 460 g/mol. The van der Waals surface area contributed by atoms with Crippen LogP contribution in [-0.2, 0) is 6.42 Å². The molecule has 0 saturated carbocycles. The van der Waals surface area contributed by atoms with Crippen LogP contribution in [0.4, 0.5) is 0 Å². The van der Waals surface area contributed by atoms with Gasteiger partial charge in [0, 0.05) is 15.5 Å². The van der Waals surface area contributed by atoms with Gasteiger partial charge in [0.1, 0.15) is 0 Å². The zero-order valence-corrected chi connectivity index (χ0v) is 18.8. The molecule has 4 aromatic rings. The van der Waals surface area contributed by atoms with Crippen LogP contribution in [0.1, 0.15) is 34.0 Å². The highest BCUT2D eigenvalue weighted by molar-refractivity contribution is 7.11. The number of nitrogens with zero attached hydrogens (tertiary/aromatic N) is 2. The first-order valence-electron chi connectivity index (χ1n) is 10.1. The van der Waals surface area contributed by atoms with Crippen LogP contribution < -0.4 is 14.9 Å². The molecule has 0 spiro atoms. The zero-order valence-electron chi connectivity index (χ0n) is 16.4. The highest BCUT2D eigenvalue weighted by Gasteiger charge is 2.33. The zero-order chi connectivity index (χ0) is 20.9. The minimum absolute atomic E-state index is 0.00696. The van der Waals surface area contributed by atoms with Crippen LogP contribution in [0.2, 0.25) is 5.02 Å². The number of thiophene rings is 1. The van der Waals surface area contributed by atoms with E-state index in [2.05, 4.69) is 24.3 Å². The Bertz CT molecular complexity index is 1530. The summed E-state index contributed by atoms with van der Waals surface area (Å²) in [6, 6.07) is 20.1. The summed E-state index contributed by atoms with van der Waals surface area (Å²) in [6.45, 7) is 0. The second-order valence-electron chi connectivity index (χ2n) is 7.65. The van der Waals surface area contributed by atoms with Gasteiger partial charge in [-0.25, -0.2) is 4.99 Å². The molecule has 0 fully saturated rings. The van der Waals surface area contributed by atoms with E-state index in [0.29, 0.717) is 9.55 Å². The molecule has 1 atom stereocenters. The topological polar surface area (TPSA) is 34.4 Å². The van der Waals surface area contributed by atoms with Gasteiger partial charge in [-0.05, 0) is 53.1 Å². The quantitative estimate of drug-likeness (QED) is 0.413. The summed E-state index contributed by atoms with van der Waals surface area (Å²) in [5.74, 6) is 0. The molecule has 0 N–H and O–H groups in total. The van der Waals surface area contributed by atoms with E-state index >= 15 is 0 Å². The van der Waals surface area contributed by atoms with Gasteiger partial charge in [0.15, 0.2) is 4.80 Å². The van der Waals surface area contributed by atoms with Gasteiger partial charge >= 0.3 is 0 Å². The average molecular weight is 461 g/mol. The number of rotatable bonds is 2. The molecule has 0 radical (unpaired) electrons. The van der Waals surface area contributed by atoms with Crippen LogP contribution >= 0.6 is 34.3 Å². The lowest BCUT2D eigenvalue weighted by molar-refractivity contribution is 0.585. The molecule has 1 unspecified atom stereocenters. The Labute approximate surface area is 191 Å². The molecule has 6 rings (SSSR count). The van der Waals surface area contributed by atoms with Crippen molar-refractivity contribution in [3.05, 3.63) is 118 Å². The Morgan fingerprint density at radius 3 is 2.71 bits per heavy atom. The second-order valence-corrected chi connectivity index (χ2v) is 10.0. The number of fused-ring (bicyclic) bond motifs is 3. The number of aromatic nitrogens is 1. The van der Waals surface area contributed by atoms with E-state index in [1.807, 2.05) is 52.4 Å². The molecular formula is C25H17ClN2OS2. The first kappa shape index (κ1) is 19.0. The largest absolute Gasteiger partial charge is 0.272 e. The molecule has 3 heterocycles. The summed E-state index contributed by atoms with van der Waals surface area (Å²) < 4.78 is 2.55. The van der Waals surface area contributed by atoms with Crippen molar-refractivity contribution >= 4 is 46.0 Å². The van der Waals surface area contributed by atoms with Gasteiger partial charge in [-0.3, -0.25) is 9.36 Å². The van der Waals surface area contributed by atoms with E-state index in [1.165, 1.54) is 22.5 Å². The number of benzene rings is 2. The molecule has 1 aliphatic heterocycles. The van der Waals surface area contributed by atoms with Gasteiger partial charge in [0.05, 0.1) is 16.3 Å². The van der Waals surface area contributed by atoms with Crippen LogP contribution in [0.25, 0.3) is 11.8 Å². The molecule has 3 nitrogen and oxygen atoms in total. The molecule has 2 aromatic carbocycles. The molecule has 0 saturated heterocycles. The molecule has 2 aromatic heterocycles. The molecule has 152 valence electrons. The number of aryl methyl sites for hydroxylation is 1. The van der Waals surface area contributed by atoms with E-state index in [1.54, 1.807) is 11.3 Å². The van der Waals surface area contributed by atoms with E-state index < -0.39 is 0 Å². The van der Waals surface area contributed by atoms with Gasteiger partial charge in [-0.15, -0.1) is 11.3 Å². The van der Waals surface area contributed by atoms with Crippen LogP contribution in [0, 0.1) is 0 Å². The summed E-state index contributed by atoms with van der Waals surface area (Å²) in [7, 11) is 0. The van der Waals surface area contributed by atoms with Crippen LogP contribution in [0.5, 0.6) is 0 Å². The molecular weight excluding hydrogens is 444 g/mol. The van der Waals surface area contributed by atoms with E-state index in [9.17, 15) is 4.79 Å². The molecule has 0 amide bonds. The van der Waals surface area contributed by atoms with Crippen molar-refractivity contribution in [2.45, 2.75) is 18.9 Å². The van der Waals surface area contributed by atoms with Crippen LogP contribution in [0.15, 0.2) is 81.4 Å². The van der Waals surface area contributed by atoms with Crippen molar-refractivity contribution in [2.75, 3.05) is 0 Å². The van der Waals surface area contributed by atoms with Crippen molar-refractivity contribution in [1.29, 1.82) is 0 Å². The third kappa shape index (κ3) is 3.07. The smallest absolute Gasteiger partial charge is 0.271 e. The fourth-order valence-electron chi connectivity index (χ4n) is 4.50. The summed E-state index contributed by atoms with van der Waals surface area (Å²) >= 11 is 9.73. The number of allylic oxidation sites excluding steroid dienone is 1. The third-order valence-corrected chi connectivity index (χ3v) is 8.04. The van der Waals surface area contributed by atoms with Crippen molar-refractivity contribution in [2.24, 2.45) is 4.99 Å². The Balaban J connectivity index is 1.68. The molecule has 0 bridgehead atoms. The summed E-state index contributed by atoms with van der Waals surface area (Å²) in [5.41, 5.74) is 5.58. The molecule has 2 aliphatic rings. The summed E-state index contributed by atoms with van der Waals surface area (Å²) in [5, 5.41) is 2.69. The number of hydrogen-bond donors (Lipinski definition) is 0. The number of hydrogen-bond acceptors (Lipinski definition) is 4. The number of thiazole rings is 1. The Kier molecular flexibility index (Phi) is 4.56. The predicted octanol–water partition coefficient (Wildman–Crippen LogP) is 5.03.